The van der Waals surface area contributed by atoms with Gasteiger partial charge in [0.25, 0.3) is 0 Å². The van der Waals surface area contributed by atoms with Crippen molar-refractivity contribution in [1.82, 2.24) is 0 Å². The fraction of sp³-hybridized carbons (Fsp3) is 0.500. The topological polar surface area (TPSA) is 3.24 Å². The minimum absolute atomic E-state index is 1.24. The summed E-state index contributed by atoms with van der Waals surface area (Å²) in [6, 6.07) is 6.63. The molecule has 1 aliphatic heterocycles. The van der Waals surface area contributed by atoms with Gasteiger partial charge < -0.3 is 0 Å². The van der Waals surface area contributed by atoms with E-state index in [-0.39, 0.29) is 0 Å². The quantitative estimate of drug-likeness (QED) is 0.597. The molecule has 0 atom stereocenters. The molecule has 0 aromatic heterocycles. The molecule has 1 nitrogen and oxygen atoms in total. The van der Waals surface area contributed by atoms with Gasteiger partial charge in [-0.1, -0.05) is 0 Å². The second-order valence-corrected chi connectivity index (χ2v) is 4.27. The zero-order valence-electron chi connectivity index (χ0n) is 9.21. The standard InChI is InChI=1S/C12H16N.Li/c1-11-6-5-7-12(10-11)13-8-3-2-4-9-13;/h5-7H,2-4,8-9H2,1H3;. The van der Waals surface area contributed by atoms with Gasteiger partial charge in [0.05, 0.1) is 0 Å². The van der Waals surface area contributed by atoms with Crippen LogP contribution in [-0.4, -0.2) is 30.8 Å². The first-order valence-corrected chi connectivity index (χ1v) is 5.60. The molecule has 0 spiro atoms. The Kier molecular flexibility index (Phi) is 3.21. The predicted molar refractivity (Wildman–Crippen MR) is 62.6 cm³/mol. The predicted octanol–water partition coefficient (Wildman–Crippen LogP) is 1.78. The van der Waals surface area contributed by atoms with Gasteiger partial charge in [-0.25, -0.2) is 0 Å². The van der Waals surface area contributed by atoms with E-state index in [0.717, 1.165) is 0 Å². The molecule has 2 heteroatoms. The zero-order chi connectivity index (χ0) is 9.97. The monoisotopic (exact) mass is 181 g/mol. The van der Waals surface area contributed by atoms with E-state index < -0.39 is 0 Å². The van der Waals surface area contributed by atoms with Crippen molar-refractivity contribution in [2.75, 3.05) is 18.0 Å². The Labute approximate surface area is 95.7 Å². The zero-order valence-corrected chi connectivity index (χ0v) is 9.21. The van der Waals surface area contributed by atoms with Crippen molar-refractivity contribution in [3.8, 4) is 0 Å². The van der Waals surface area contributed by atoms with Crippen LogP contribution in [0.1, 0.15) is 24.8 Å². The van der Waals surface area contributed by atoms with Gasteiger partial charge in [0.2, 0.25) is 0 Å². The minimum atomic E-state index is 1.24. The Morgan fingerprint density at radius 1 is 1.14 bits per heavy atom. The molecule has 0 saturated carbocycles. The van der Waals surface area contributed by atoms with E-state index in [0.29, 0.717) is 0 Å². The van der Waals surface area contributed by atoms with E-state index in [1.165, 1.54) is 47.8 Å². The fourth-order valence-corrected chi connectivity index (χ4v) is 2.21. The summed E-state index contributed by atoms with van der Waals surface area (Å²) in [5.41, 5.74) is 2.86. The van der Waals surface area contributed by atoms with Crippen LogP contribution in [-0.2, 0) is 0 Å². The molecule has 1 fully saturated rings. The molecule has 0 unspecified atom stereocenters. The van der Waals surface area contributed by atoms with E-state index in [1.54, 1.807) is 0 Å². The Bertz CT molecular complexity index is 316. The third-order valence-corrected chi connectivity index (χ3v) is 3.27. The summed E-state index contributed by atoms with van der Waals surface area (Å²) in [7, 11) is 0. The Hall–Kier alpha value is -0.383. The van der Waals surface area contributed by atoms with Gasteiger partial charge in [-0.15, -0.1) is 0 Å². The SMILES string of the molecule is [Li][c]1c(C)cccc1N1CCCCC1. The maximum absolute atomic E-state index is 2.53. The van der Waals surface area contributed by atoms with Gasteiger partial charge in [0, 0.05) is 0 Å². The number of hydrogen-bond donors (Lipinski definition) is 0. The van der Waals surface area contributed by atoms with Crippen molar-refractivity contribution in [3.63, 3.8) is 0 Å². The molecule has 0 amide bonds. The molecule has 1 saturated heterocycles. The van der Waals surface area contributed by atoms with Crippen LogP contribution in [0.4, 0.5) is 5.69 Å². The number of nitrogens with zero attached hydrogens (tertiary/aromatic N) is 1. The molecule has 1 aromatic rings. The van der Waals surface area contributed by atoms with E-state index in [1.807, 2.05) is 0 Å². The molecule has 0 bridgehead atoms. The average Bonchev–Trinajstić information content (AvgIpc) is 2.23. The van der Waals surface area contributed by atoms with Gasteiger partial charge in [-0.05, 0) is 0 Å². The summed E-state index contributed by atoms with van der Waals surface area (Å²) < 4.78 is 1.45. The molecule has 1 aliphatic rings. The summed E-state index contributed by atoms with van der Waals surface area (Å²) in [4.78, 5) is 2.53. The first-order chi connectivity index (χ1) is 6.79. The van der Waals surface area contributed by atoms with E-state index in [4.69, 9.17) is 0 Å². The van der Waals surface area contributed by atoms with Crippen molar-refractivity contribution in [1.29, 1.82) is 0 Å². The van der Waals surface area contributed by atoms with Crippen LogP contribution >= 0.6 is 0 Å². The normalized spacial score (nSPS) is 17.2. The first-order valence-electron chi connectivity index (χ1n) is 5.60. The maximum atomic E-state index is 2.53. The second-order valence-electron chi connectivity index (χ2n) is 4.27. The van der Waals surface area contributed by atoms with Crippen LogP contribution in [0.15, 0.2) is 18.2 Å². The van der Waals surface area contributed by atoms with E-state index in [2.05, 4.69) is 47.7 Å². The molecular formula is C12H16LiN. The van der Waals surface area contributed by atoms with E-state index in [9.17, 15) is 0 Å². The van der Waals surface area contributed by atoms with Crippen LogP contribution in [0, 0.1) is 6.92 Å². The number of piperidine rings is 1. The van der Waals surface area contributed by atoms with Crippen molar-refractivity contribution in [2.45, 2.75) is 26.2 Å². The summed E-state index contributed by atoms with van der Waals surface area (Å²) in [6.07, 6.45) is 4.11. The summed E-state index contributed by atoms with van der Waals surface area (Å²) in [6.45, 7) is 4.68. The van der Waals surface area contributed by atoms with Crippen molar-refractivity contribution < 1.29 is 0 Å². The molecule has 1 aromatic carbocycles. The Morgan fingerprint density at radius 3 is 2.57 bits per heavy atom. The number of anilines is 1. The van der Waals surface area contributed by atoms with Gasteiger partial charge >= 0.3 is 95.6 Å². The van der Waals surface area contributed by atoms with Crippen molar-refractivity contribution in [2.24, 2.45) is 0 Å². The molecule has 0 radical (unpaired) electrons. The van der Waals surface area contributed by atoms with Crippen molar-refractivity contribution >= 4 is 27.6 Å². The van der Waals surface area contributed by atoms with Crippen molar-refractivity contribution in [3.05, 3.63) is 23.8 Å². The molecule has 14 heavy (non-hydrogen) atoms. The third-order valence-electron chi connectivity index (χ3n) is 3.27. The number of hydrogen-bond acceptors (Lipinski definition) is 1. The summed E-state index contributed by atoms with van der Waals surface area (Å²) >= 11 is 2.24. The average molecular weight is 181 g/mol. The van der Waals surface area contributed by atoms with Crippen LogP contribution in [0.5, 0.6) is 0 Å². The summed E-state index contributed by atoms with van der Waals surface area (Å²) in [5.74, 6) is 0. The van der Waals surface area contributed by atoms with Crippen LogP contribution < -0.4 is 9.14 Å². The number of benzene rings is 1. The fourth-order valence-electron chi connectivity index (χ4n) is 2.21. The molecule has 1 heterocycles. The Morgan fingerprint density at radius 2 is 1.86 bits per heavy atom. The van der Waals surface area contributed by atoms with Crippen LogP contribution in [0.25, 0.3) is 0 Å². The molecule has 0 N–H and O–H groups in total. The first kappa shape index (κ1) is 10.1. The third kappa shape index (κ3) is 2.00. The molecule has 0 aliphatic carbocycles. The number of aryl methyl sites for hydroxylation is 1. The number of rotatable bonds is 1. The van der Waals surface area contributed by atoms with Gasteiger partial charge in [0.15, 0.2) is 0 Å². The van der Waals surface area contributed by atoms with Crippen LogP contribution in [0.2, 0.25) is 0 Å². The van der Waals surface area contributed by atoms with Crippen LogP contribution in [0.3, 0.4) is 0 Å². The van der Waals surface area contributed by atoms with Gasteiger partial charge in [-0.2, -0.15) is 0 Å². The Balaban J connectivity index is 2.26. The summed E-state index contributed by atoms with van der Waals surface area (Å²) in [5, 5.41) is 0. The molecule has 70 valence electrons. The molecular weight excluding hydrogens is 165 g/mol. The molecule has 2 rings (SSSR count). The van der Waals surface area contributed by atoms with Gasteiger partial charge in [0.1, 0.15) is 0 Å². The second kappa shape index (κ2) is 4.42. The van der Waals surface area contributed by atoms with Gasteiger partial charge in [-0.3, -0.25) is 0 Å². The van der Waals surface area contributed by atoms with E-state index >= 15 is 0 Å².